The molecule has 2 aliphatic rings. The van der Waals surface area contributed by atoms with Crippen molar-refractivity contribution in [2.24, 2.45) is 0 Å². The van der Waals surface area contributed by atoms with Crippen LogP contribution in [-0.4, -0.2) is 28.2 Å². The van der Waals surface area contributed by atoms with E-state index in [-0.39, 0.29) is 23.5 Å². The molecule has 4 atom stereocenters. The van der Waals surface area contributed by atoms with Crippen molar-refractivity contribution >= 4 is 20.0 Å². The maximum atomic E-state index is 12.1. The van der Waals surface area contributed by atoms with Gasteiger partial charge >= 0.3 is 5.97 Å². The highest BCUT2D eigenvalue weighted by atomic mass is 31.2. The van der Waals surface area contributed by atoms with Crippen LogP contribution < -0.4 is 5.32 Å². The van der Waals surface area contributed by atoms with E-state index in [1.54, 1.807) is 19.1 Å². The topological polar surface area (TPSA) is 111 Å². The lowest BCUT2D eigenvalue weighted by Crippen LogP contribution is -2.30. The van der Waals surface area contributed by atoms with Gasteiger partial charge in [-0.1, -0.05) is 12.1 Å². The fourth-order valence-corrected chi connectivity index (χ4v) is 5.59. The molecule has 0 bridgehead atoms. The Hall–Kier alpha value is -2.28. The molecule has 2 N–H and O–H groups in total. The third-order valence-electron chi connectivity index (χ3n) is 4.78. The number of nitrogens with one attached hydrogen (secondary N) is 1. The second-order valence-corrected chi connectivity index (χ2v) is 8.51. The molecule has 3 rings (SSSR count). The van der Waals surface area contributed by atoms with Gasteiger partial charge in [0.1, 0.15) is 0 Å². The number of non-ortho nitro benzene ring substituents is 1. The minimum atomic E-state index is -1.52. The van der Waals surface area contributed by atoms with E-state index < -0.39 is 25.2 Å². The molecule has 8 nitrogen and oxygen atoms in total. The van der Waals surface area contributed by atoms with Crippen LogP contribution in [0.3, 0.4) is 0 Å². The lowest BCUT2D eigenvalue weighted by molar-refractivity contribution is -0.384. The summed E-state index contributed by atoms with van der Waals surface area (Å²) in [5, 5.41) is 25.0. The van der Waals surface area contributed by atoms with Gasteiger partial charge in [0, 0.05) is 41.2 Å². The Morgan fingerprint density at radius 2 is 1.89 bits per heavy atom. The predicted octanol–water partition coefficient (Wildman–Crippen LogP) is 4.40. The van der Waals surface area contributed by atoms with Crippen LogP contribution in [-0.2, 0) is 13.8 Å². The number of nitro groups is 1. The zero-order chi connectivity index (χ0) is 20.6. The van der Waals surface area contributed by atoms with Gasteiger partial charge in [0.15, 0.2) is 0 Å². The molecular weight excluding hydrogens is 383 g/mol. The minimum Gasteiger partial charge on any atom is -0.478 e. The molecule has 28 heavy (non-hydrogen) atoms. The molecular formula is C19H23N2O6P. The largest absolute Gasteiger partial charge is 0.478 e. The molecule has 0 saturated carbocycles. The second-order valence-electron chi connectivity index (χ2n) is 7.09. The van der Waals surface area contributed by atoms with Crippen LogP contribution in [0.2, 0.25) is 0 Å². The Kier molecular flexibility index (Phi) is 5.84. The van der Waals surface area contributed by atoms with Gasteiger partial charge in [-0.25, -0.2) is 4.79 Å². The van der Waals surface area contributed by atoms with Crippen molar-refractivity contribution in [2.45, 2.75) is 52.2 Å². The normalized spacial score (nSPS) is 28.1. The average molecular weight is 406 g/mol. The Morgan fingerprint density at radius 3 is 2.46 bits per heavy atom. The van der Waals surface area contributed by atoms with Gasteiger partial charge in [-0.05, 0) is 33.3 Å². The number of dihydropyridines is 1. The first kappa shape index (κ1) is 20.5. The number of nitrogens with zero attached hydrogens (tertiary/aromatic N) is 1. The summed E-state index contributed by atoms with van der Waals surface area (Å²) in [5.41, 5.74) is 1.84. The third kappa shape index (κ3) is 3.94. The van der Waals surface area contributed by atoms with Crippen molar-refractivity contribution in [1.82, 2.24) is 5.32 Å². The first-order valence-corrected chi connectivity index (χ1v) is 10.2. The summed E-state index contributed by atoms with van der Waals surface area (Å²) in [4.78, 5) is 22.9. The highest BCUT2D eigenvalue weighted by Gasteiger charge is 2.41. The molecule has 0 spiro atoms. The first-order valence-electron chi connectivity index (χ1n) is 8.99. The monoisotopic (exact) mass is 406 g/mol. The van der Waals surface area contributed by atoms with Crippen molar-refractivity contribution in [2.75, 3.05) is 0 Å². The van der Waals surface area contributed by atoms with Crippen molar-refractivity contribution in [3.63, 3.8) is 0 Å². The highest BCUT2D eigenvalue weighted by Crippen LogP contribution is 2.61. The van der Waals surface area contributed by atoms with Gasteiger partial charge in [-0.15, -0.1) is 0 Å². The van der Waals surface area contributed by atoms with E-state index in [0.717, 1.165) is 12.1 Å². The van der Waals surface area contributed by atoms with Gasteiger partial charge in [0.05, 0.1) is 22.7 Å². The van der Waals surface area contributed by atoms with Crippen LogP contribution in [0.1, 0.15) is 45.6 Å². The van der Waals surface area contributed by atoms with Crippen LogP contribution in [0.15, 0.2) is 46.5 Å². The van der Waals surface area contributed by atoms with Gasteiger partial charge in [0.25, 0.3) is 5.69 Å². The number of rotatable bonds is 4. The number of carboxylic acids is 1. The average Bonchev–Trinajstić information content (AvgIpc) is 2.59. The van der Waals surface area contributed by atoms with E-state index in [4.69, 9.17) is 9.05 Å². The van der Waals surface area contributed by atoms with Gasteiger partial charge in [-0.3, -0.25) is 10.1 Å². The van der Waals surface area contributed by atoms with E-state index in [1.807, 2.05) is 20.8 Å². The molecule has 9 heteroatoms. The van der Waals surface area contributed by atoms with Crippen LogP contribution in [0, 0.1) is 10.1 Å². The van der Waals surface area contributed by atoms with E-state index in [2.05, 4.69) is 5.32 Å². The summed E-state index contributed by atoms with van der Waals surface area (Å²) in [6.07, 6.45) is 0.697. The molecule has 0 radical (unpaired) electrons. The number of nitro benzene ring substituents is 1. The van der Waals surface area contributed by atoms with Crippen molar-refractivity contribution in [3.05, 3.63) is 62.2 Å². The number of hydrogen-bond donors (Lipinski definition) is 2. The maximum Gasteiger partial charge on any atom is 0.334 e. The summed E-state index contributed by atoms with van der Waals surface area (Å²) in [6, 6.07) is 6.09. The highest BCUT2D eigenvalue weighted by molar-refractivity contribution is 7.52. The number of hydrogen-bond acceptors (Lipinski definition) is 6. The van der Waals surface area contributed by atoms with Crippen LogP contribution in [0.25, 0.3) is 0 Å². The second kappa shape index (κ2) is 7.99. The summed E-state index contributed by atoms with van der Waals surface area (Å²) in [6.45, 7) is 7.46. The van der Waals surface area contributed by atoms with Crippen LogP contribution in [0.4, 0.5) is 5.69 Å². The van der Waals surface area contributed by atoms with Crippen molar-refractivity contribution < 1.29 is 23.9 Å². The number of aliphatic carboxylic acids is 1. The molecule has 1 saturated heterocycles. The summed E-state index contributed by atoms with van der Waals surface area (Å²) >= 11 is 0. The Balaban J connectivity index is 2.15. The van der Waals surface area contributed by atoms with Crippen LogP contribution >= 0.6 is 8.38 Å². The predicted molar refractivity (Wildman–Crippen MR) is 105 cm³/mol. The fraction of sp³-hybridized carbons (Fsp3) is 0.421. The standard InChI is InChI=1S/C19H23N2O6P/c1-10-8-11(2)27-28(26-10)18-13(4)20-12(3)16(19(22)23)17(18)14-6-5-7-15(9-14)21(24)25/h5-7,9-11,17,20H,8H2,1-4H3,(H,22,23)/t10-,11+,17?,28?. The molecule has 2 unspecified atom stereocenters. The zero-order valence-electron chi connectivity index (χ0n) is 16.1. The number of carboxylic acid groups (broad SMARTS) is 1. The molecule has 150 valence electrons. The van der Waals surface area contributed by atoms with Crippen molar-refractivity contribution in [3.8, 4) is 0 Å². The molecule has 0 aromatic heterocycles. The van der Waals surface area contributed by atoms with E-state index in [0.29, 0.717) is 16.6 Å². The van der Waals surface area contributed by atoms with E-state index in [9.17, 15) is 20.0 Å². The smallest absolute Gasteiger partial charge is 0.334 e. The number of carbonyl (C=O) groups is 1. The maximum absolute atomic E-state index is 12.1. The van der Waals surface area contributed by atoms with Gasteiger partial charge < -0.3 is 19.5 Å². The molecule has 0 aliphatic carbocycles. The SMILES string of the molecule is CC1=C(C(=O)O)C(c2cccc([N+](=O)[O-])c2)C(P2O[C@H](C)C[C@H](C)O2)=C(C)N1. The number of allylic oxidation sites excluding steroid dienone is 3. The molecule has 2 aliphatic heterocycles. The number of benzene rings is 1. The lowest BCUT2D eigenvalue weighted by atomic mass is 9.86. The van der Waals surface area contributed by atoms with Crippen molar-refractivity contribution in [1.29, 1.82) is 0 Å². The van der Waals surface area contributed by atoms with E-state index in [1.165, 1.54) is 12.1 Å². The molecule has 1 aromatic carbocycles. The zero-order valence-corrected chi connectivity index (χ0v) is 17.0. The summed E-state index contributed by atoms with van der Waals surface area (Å²) in [7, 11) is -1.52. The first-order chi connectivity index (χ1) is 13.2. The molecule has 0 amide bonds. The van der Waals surface area contributed by atoms with Gasteiger partial charge in [0.2, 0.25) is 8.38 Å². The Morgan fingerprint density at radius 1 is 1.25 bits per heavy atom. The lowest BCUT2D eigenvalue weighted by Gasteiger charge is -2.38. The third-order valence-corrected chi connectivity index (χ3v) is 6.87. The Labute approximate surface area is 164 Å². The summed E-state index contributed by atoms with van der Waals surface area (Å²) in [5.74, 6) is -1.78. The fourth-order valence-electron chi connectivity index (χ4n) is 3.67. The molecule has 1 aromatic rings. The van der Waals surface area contributed by atoms with Gasteiger partial charge in [-0.2, -0.15) is 0 Å². The minimum absolute atomic E-state index is 0.0267. The van der Waals surface area contributed by atoms with Crippen LogP contribution in [0.5, 0.6) is 0 Å². The Bertz CT molecular complexity index is 871. The summed E-state index contributed by atoms with van der Waals surface area (Å²) < 4.78 is 12.1. The van der Waals surface area contributed by atoms with E-state index >= 15 is 0 Å². The molecule has 2 heterocycles. The quantitative estimate of drug-likeness (QED) is 0.433. The molecule has 1 fully saturated rings.